The fraction of sp³-hybridized carbons (Fsp3) is 1.00. The van der Waals surface area contributed by atoms with Crippen LogP contribution in [0, 0.1) is 11.8 Å². The van der Waals surface area contributed by atoms with Crippen molar-refractivity contribution in [2.24, 2.45) is 11.8 Å². The largest absolute Gasteiger partial charge is 0.215 e. The Morgan fingerprint density at radius 1 is 1.21 bits per heavy atom. The third kappa shape index (κ3) is 3.96. The van der Waals surface area contributed by atoms with E-state index in [-0.39, 0.29) is 5.75 Å². The second-order valence-electron chi connectivity index (χ2n) is 4.38. The van der Waals surface area contributed by atoms with Crippen LogP contribution in [-0.4, -0.2) is 20.7 Å². The van der Waals surface area contributed by atoms with Gasteiger partial charge in [-0.3, -0.25) is 0 Å². The summed E-state index contributed by atoms with van der Waals surface area (Å²) in [5, 5.41) is 0. The Kier molecular flexibility index (Phi) is 4.38. The molecule has 1 rings (SSSR count). The number of rotatable bonds is 4. The minimum absolute atomic E-state index is 0.191. The molecule has 0 aromatic rings. The van der Waals surface area contributed by atoms with E-state index in [0.717, 1.165) is 5.92 Å². The lowest BCUT2D eigenvalue weighted by Gasteiger charge is -2.26. The van der Waals surface area contributed by atoms with Gasteiger partial charge in [0.1, 0.15) is 0 Å². The summed E-state index contributed by atoms with van der Waals surface area (Å²) in [5.41, 5.74) is 0. The van der Waals surface area contributed by atoms with E-state index < -0.39 is 10.0 Å². The van der Waals surface area contributed by atoms with Crippen LogP contribution >= 0.6 is 0 Å². The van der Waals surface area contributed by atoms with Crippen LogP contribution in [-0.2, 0) is 10.0 Å². The van der Waals surface area contributed by atoms with Crippen molar-refractivity contribution >= 4 is 10.0 Å². The van der Waals surface area contributed by atoms with E-state index in [4.69, 9.17) is 0 Å². The highest BCUT2D eigenvalue weighted by molar-refractivity contribution is 7.89. The van der Waals surface area contributed by atoms with Crippen LogP contribution < -0.4 is 4.72 Å². The zero-order chi connectivity index (χ0) is 10.6. The second kappa shape index (κ2) is 5.12. The lowest BCUT2D eigenvalue weighted by molar-refractivity contribution is 0.290. The van der Waals surface area contributed by atoms with Crippen molar-refractivity contribution in [3.63, 3.8) is 0 Å². The molecule has 14 heavy (non-hydrogen) atoms. The summed E-state index contributed by atoms with van der Waals surface area (Å²) in [7, 11) is -2.98. The highest BCUT2D eigenvalue weighted by Crippen LogP contribution is 2.27. The maximum absolute atomic E-state index is 11.2. The Hall–Kier alpha value is -0.0900. The zero-order valence-corrected chi connectivity index (χ0v) is 9.94. The quantitative estimate of drug-likeness (QED) is 0.783. The molecule has 1 aliphatic rings. The average Bonchev–Trinajstić information content (AvgIpc) is 2.17. The van der Waals surface area contributed by atoms with Crippen LogP contribution in [0.5, 0.6) is 0 Å². The van der Waals surface area contributed by atoms with Gasteiger partial charge in [-0.15, -0.1) is 0 Å². The van der Waals surface area contributed by atoms with Gasteiger partial charge in [-0.1, -0.05) is 19.8 Å². The molecule has 0 aromatic heterocycles. The first-order valence-electron chi connectivity index (χ1n) is 5.51. The van der Waals surface area contributed by atoms with Crippen LogP contribution in [0.15, 0.2) is 0 Å². The molecule has 1 N–H and O–H groups in total. The van der Waals surface area contributed by atoms with E-state index in [2.05, 4.69) is 11.6 Å². The topological polar surface area (TPSA) is 46.2 Å². The summed E-state index contributed by atoms with van der Waals surface area (Å²) in [4.78, 5) is 0. The van der Waals surface area contributed by atoms with Crippen molar-refractivity contribution in [1.82, 2.24) is 4.72 Å². The standard InChI is InChI=1S/C10H21NO2S/c1-3-14(12,13)11-8-10-6-4-9(2)5-7-10/h9-11H,3-8H2,1-2H3. The molecular weight excluding hydrogens is 198 g/mol. The Morgan fingerprint density at radius 3 is 2.29 bits per heavy atom. The first-order valence-corrected chi connectivity index (χ1v) is 7.16. The first kappa shape index (κ1) is 12.0. The van der Waals surface area contributed by atoms with E-state index >= 15 is 0 Å². The summed E-state index contributed by atoms with van der Waals surface area (Å²) in [6, 6.07) is 0. The molecule has 0 saturated heterocycles. The van der Waals surface area contributed by atoms with Gasteiger partial charge in [-0.2, -0.15) is 0 Å². The number of hydrogen-bond donors (Lipinski definition) is 1. The van der Waals surface area contributed by atoms with Crippen LogP contribution in [0.3, 0.4) is 0 Å². The molecular formula is C10H21NO2S. The highest BCUT2D eigenvalue weighted by Gasteiger charge is 2.19. The molecule has 4 heteroatoms. The molecule has 0 atom stereocenters. The summed E-state index contributed by atoms with van der Waals surface area (Å²) in [6.07, 6.45) is 4.85. The van der Waals surface area contributed by atoms with E-state index in [1.807, 2.05) is 0 Å². The van der Waals surface area contributed by atoms with E-state index in [0.29, 0.717) is 12.5 Å². The van der Waals surface area contributed by atoms with Crippen molar-refractivity contribution in [3.05, 3.63) is 0 Å². The van der Waals surface area contributed by atoms with E-state index in [1.165, 1.54) is 25.7 Å². The summed E-state index contributed by atoms with van der Waals surface area (Å²) in [6.45, 7) is 4.58. The molecule has 3 nitrogen and oxygen atoms in total. The Balaban J connectivity index is 2.26. The van der Waals surface area contributed by atoms with Gasteiger partial charge in [-0.25, -0.2) is 13.1 Å². The molecule has 1 fully saturated rings. The van der Waals surface area contributed by atoms with Crippen LogP contribution in [0.25, 0.3) is 0 Å². The predicted octanol–water partition coefficient (Wildman–Crippen LogP) is 1.75. The van der Waals surface area contributed by atoms with Crippen molar-refractivity contribution in [1.29, 1.82) is 0 Å². The maximum atomic E-state index is 11.2. The smallest absolute Gasteiger partial charge is 0.211 e. The lowest BCUT2D eigenvalue weighted by atomic mass is 9.83. The second-order valence-corrected chi connectivity index (χ2v) is 6.47. The van der Waals surface area contributed by atoms with Gasteiger partial charge < -0.3 is 0 Å². The third-order valence-electron chi connectivity index (χ3n) is 3.11. The zero-order valence-electron chi connectivity index (χ0n) is 9.12. The van der Waals surface area contributed by atoms with Gasteiger partial charge in [0.2, 0.25) is 10.0 Å². The number of nitrogens with one attached hydrogen (secondary N) is 1. The summed E-state index contributed by atoms with van der Waals surface area (Å²) in [5.74, 6) is 1.58. The SMILES string of the molecule is CCS(=O)(=O)NCC1CCC(C)CC1. The fourth-order valence-electron chi connectivity index (χ4n) is 1.88. The first-order chi connectivity index (χ1) is 6.53. The number of hydrogen-bond acceptors (Lipinski definition) is 2. The van der Waals surface area contributed by atoms with Gasteiger partial charge >= 0.3 is 0 Å². The van der Waals surface area contributed by atoms with Gasteiger partial charge in [0.25, 0.3) is 0 Å². The third-order valence-corrected chi connectivity index (χ3v) is 4.47. The lowest BCUT2D eigenvalue weighted by Crippen LogP contribution is -2.32. The average molecular weight is 219 g/mol. The normalized spacial score (nSPS) is 29.0. The van der Waals surface area contributed by atoms with Gasteiger partial charge in [0.15, 0.2) is 0 Å². The van der Waals surface area contributed by atoms with Gasteiger partial charge in [0.05, 0.1) is 5.75 Å². The Labute approximate surface area is 87.3 Å². The minimum atomic E-state index is -2.98. The minimum Gasteiger partial charge on any atom is -0.215 e. The Morgan fingerprint density at radius 2 is 1.79 bits per heavy atom. The van der Waals surface area contributed by atoms with Crippen LogP contribution in [0.1, 0.15) is 39.5 Å². The molecule has 0 bridgehead atoms. The molecule has 0 aromatic carbocycles. The van der Waals surface area contributed by atoms with Crippen molar-refractivity contribution < 1.29 is 8.42 Å². The molecule has 0 heterocycles. The molecule has 0 radical (unpaired) electrons. The molecule has 0 spiro atoms. The summed E-state index contributed by atoms with van der Waals surface area (Å²) >= 11 is 0. The van der Waals surface area contributed by atoms with E-state index in [9.17, 15) is 8.42 Å². The summed E-state index contributed by atoms with van der Waals surface area (Å²) < 4.78 is 25.1. The Bertz CT molecular complexity index is 253. The fourth-order valence-corrected chi connectivity index (χ4v) is 2.57. The molecule has 0 amide bonds. The van der Waals surface area contributed by atoms with Crippen molar-refractivity contribution in [3.8, 4) is 0 Å². The molecule has 0 unspecified atom stereocenters. The molecule has 84 valence electrons. The molecule has 1 aliphatic carbocycles. The number of sulfonamides is 1. The van der Waals surface area contributed by atoms with Crippen molar-refractivity contribution in [2.75, 3.05) is 12.3 Å². The highest BCUT2D eigenvalue weighted by atomic mass is 32.2. The predicted molar refractivity (Wildman–Crippen MR) is 58.6 cm³/mol. The molecule has 1 saturated carbocycles. The van der Waals surface area contributed by atoms with Crippen LogP contribution in [0.4, 0.5) is 0 Å². The van der Waals surface area contributed by atoms with E-state index in [1.54, 1.807) is 6.92 Å². The van der Waals surface area contributed by atoms with Gasteiger partial charge in [-0.05, 0) is 31.6 Å². The van der Waals surface area contributed by atoms with Crippen LogP contribution in [0.2, 0.25) is 0 Å². The monoisotopic (exact) mass is 219 g/mol. The maximum Gasteiger partial charge on any atom is 0.211 e. The van der Waals surface area contributed by atoms with Crippen molar-refractivity contribution in [2.45, 2.75) is 39.5 Å². The molecule has 0 aliphatic heterocycles. The van der Waals surface area contributed by atoms with Gasteiger partial charge in [0, 0.05) is 6.54 Å².